The molecule has 1 amide bonds. The Balaban J connectivity index is 1.58. The van der Waals surface area contributed by atoms with Crippen LogP contribution in [0.1, 0.15) is 27.4 Å². The van der Waals surface area contributed by atoms with Crippen molar-refractivity contribution >= 4 is 40.0 Å². The quantitative estimate of drug-likeness (QED) is 0.343. The summed E-state index contributed by atoms with van der Waals surface area (Å²) < 4.78 is 12.2. The first kappa shape index (κ1) is 20.5. The van der Waals surface area contributed by atoms with Crippen LogP contribution in [-0.2, 0) is 12.3 Å². The molecule has 4 rings (SSSR count). The van der Waals surface area contributed by atoms with Crippen LogP contribution in [-0.4, -0.2) is 29.9 Å². The lowest BCUT2D eigenvalue weighted by molar-refractivity contribution is 0.0754. The van der Waals surface area contributed by atoms with Crippen molar-refractivity contribution in [2.24, 2.45) is 0 Å². The van der Waals surface area contributed by atoms with E-state index in [2.05, 4.69) is 4.98 Å². The minimum Gasteiger partial charge on any atom is -0.497 e. The number of carbonyl (C=O) groups is 1. The van der Waals surface area contributed by atoms with Crippen LogP contribution in [0.15, 0.2) is 62.7 Å². The van der Waals surface area contributed by atoms with Crippen molar-refractivity contribution in [3.05, 3.63) is 76.5 Å². The highest BCUT2D eigenvalue weighted by molar-refractivity contribution is 8.00. The SMILES string of the molecule is COc1ccc(CN(C)C(=O)c2oc3ccccc3c2CSc2nc(C)cs2)cc1. The number of rotatable bonds is 7. The van der Waals surface area contributed by atoms with Gasteiger partial charge in [-0.25, -0.2) is 4.98 Å². The van der Waals surface area contributed by atoms with Gasteiger partial charge in [0.2, 0.25) is 0 Å². The van der Waals surface area contributed by atoms with Gasteiger partial charge in [-0.05, 0) is 30.7 Å². The third kappa shape index (κ3) is 4.37. The smallest absolute Gasteiger partial charge is 0.289 e. The number of thiazole rings is 1. The van der Waals surface area contributed by atoms with E-state index in [1.165, 1.54) is 0 Å². The second-order valence-corrected chi connectivity index (χ2v) is 9.04. The Kier molecular flexibility index (Phi) is 6.11. The molecule has 4 aromatic rings. The molecule has 0 unspecified atom stereocenters. The molecule has 0 aliphatic rings. The number of ether oxygens (including phenoxy) is 1. The maximum absolute atomic E-state index is 13.3. The first-order chi connectivity index (χ1) is 14.5. The zero-order valence-electron chi connectivity index (χ0n) is 17.0. The number of aryl methyl sites for hydroxylation is 1. The highest BCUT2D eigenvalue weighted by atomic mass is 32.2. The molecule has 2 aromatic carbocycles. The Morgan fingerprint density at radius 2 is 1.97 bits per heavy atom. The number of thioether (sulfide) groups is 1. The molecule has 7 heteroatoms. The first-order valence-corrected chi connectivity index (χ1v) is 11.4. The van der Waals surface area contributed by atoms with Crippen molar-refractivity contribution in [1.82, 2.24) is 9.88 Å². The number of methoxy groups -OCH3 is 1. The fourth-order valence-corrected chi connectivity index (χ4v) is 5.07. The van der Waals surface area contributed by atoms with Gasteiger partial charge in [0.1, 0.15) is 15.7 Å². The minimum absolute atomic E-state index is 0.132. The van der Waals surface area contributed by atoms with E-state index >= 15 is 0 Å². The van der Waals surface area contributed by atoms with Crippen LogP contribution in [0.5, 0.6) is 5.75 Å². The molecule has 0 spiro atoms. The average Bonchev–Trinajstić information content (AvgIpc) is 3.35. The fraction of sp³-hybridized carbons (Fsp3) is 0.217. The van der Waals surface area contributed by atoms with E-state index in [4.69, 9.17) is 9.15 Å². The van der Waals surface area contributed by atoms with Crippen molar-refractivity contribution in [3.63, 3.8) is 0 Å². The summed E-state index contributed by atoms with van der Waals surface area (Å²) in [6.45, 7) is 2.47. The Labute approximate surface area is 183 Å². The molecule has 0 bridgehead atoms. The number of carbonyl (C=O) groups excluding carboxylic acids is 1. The molecule has 2 aromatic heterocycles. The summed E-state index contributed by atoms with van der Waals surface area (Å²) in [6, 6.07) is 15.5. The second kappa shape index (κ2) is 8.93. The molecule has 0 N–H and O–H groups in total. The molecule has 2 heterocycles. The number of aromatic nitrogens is 1. The first-order valence-electron chi connectivity index (χ1n) is 9.49. The van der Waals surface area contributed by atoms with Crippen molar-refractivity contribution in [1.29, 1.82) is 0 Å². The van der Waals surface area contributed by atoms with Gasteiger partial charge in [-0.15, -0.1) is 11.3 Å². The van der Waals surface area contributed by atoms with Crippen LogP contribution in [0.3, 0.4) is 0 Å². The number of hydrogen-bond acceptors (Lipinski definition) is 6. The highest BCUT2D eigenvalue weighted by Crippen LogP contribution is 2.34. The standard InChI is InChI=1S/C23H22N2O3S2/c1-15-13-29-23(24-15)30-14-19-18-6-4-5-7-20(18)28-21(19)22(26)25(2)12-16-8-10-17(27-3)11-9-16/h4-11,13H,12,14H2,1-3H3. The van der Waals surface area contributed by atoms with Crippen LogP contribution in [0.4, 0.5) is 0 Å². The van der Waals surface area contributed by atoms with Crippen LogP contribution >= 0.6 is 23.1 Å². The fourth-order valence-electron chi connectivity index (χ4n) is 3.20. The predicted octanol–water partition coefficient (Wildman–Crippen LogP) is 5.77. The van der Waals surface area contributed by atoms with E-state index < -0.39 is 0 Å². The number of furan rings is 1. The van der Waals surface area contributed by atoms with Gasteiger partial charge < -0.3 is 14.1 Å². The van der Waals surface area contributed by atoms with Gasteiger partial charge in [-0.1, -0.05) is 42.1 Å². The topological polar surface area (TPSA) is 55.6 Å². The number of fused-ring (bicyclic) bond motifs is 1. The van der Waals surface area contributed by atoms with Gasteiger partial charge in [0, 0.05) is 41.4 Å². The largest absolute Gasteiger partial charge is 0.497 e. The molecule has 5 nitrogen and oxygen atoms in total. The predicted molar refractivity (Wildman–Crippen MR) is 121 cm³/mol. The third-order valence-corrected chi connectivity index (χ3v) is 6.92. The van der Waals surface area contributed by atoms with E-state index in [0.29, 0.717) is 18.1 Å². The number of para-hydroxylation sites is 1. The molecule has 0 saturated carbocycles. The molecule has 0 aliphatic heterocycles. The van der Waals surface area contributed by atoms with E-state index in [1.807, 2.05) is 60.8 Å². The van der Waals surface area contributed by atoms with Gasteiger partial charge in [0.05, 0.1) is 7.11 Å². The second-order valence-electron chi connectivity index (χ2n) is 6.96. The summed E-state index contributed by atoms with van der Waals surface area (Å²) in [4.78, 5) is 19.5. The monoisotopic (exact) mass is 438 g/mol. The number of amides is 1. The summed E-state index contributed by atoms with van der Waals surface area (Å²) >= 11 is 3.25. The molecular weight excluding hydrogens is 416 g/mol. The normalized spacial score (nSPS) is 11.0. The molecule has 154 valence electrons. The molecule has 30 heavy (non-hydrogen) atoms. The molecular formula is C23H22N2O3S2. The number of hydrogen-bond donors (Lipinski definition) is 0. The van der Waals surface area contributed by atoms with Gasteiger partial charge in [0.15, 0.2) is 5.76 Å². The van der Waals surface area contributed by atoms with Crippen molar-refractivity contribution in [3.8, 4) is 5.75 Å². The molecule has 0 saturated heterocycles. The minimum atomic E-state index is -0.132. The lowest BCUT2D eigenvalue weighted by atomic mass is 10.1. The van der Waals surface area contributed by atoms with E-state index in [0.717, 1.165) is 37.9 Å². The Bertz CT molecular complexity index is 1160. The Morgan fingerprint density at radius 3 is 2.67 bits per heavy atom. The van der Waals surface area contributed by atoms with Gasteiger partial charge in [-0.3, -0.25) is 4.79 Å². The van der Waals surface area contributed by atoms with Crippen molar-refractivity contribution in [2.75, 3.05) is 14.2 Å². The summed E-state index contributed by atoms with van der Waals surface area (Å²) in [7, 11) is 3.43. The summed E-state index contributed by atoms with van der Waals surface area (Å²) in [6.07, 6.45) is 0. The van der Waals surface area contributed by atoms with Crippen LogP contribution in [0.25, 0.3) is 11.0 Å². The summed E-state index contributed by atoms with van der Waals surface area (Å²) in [5.41, 5.74) is 3.67. The van der Waals surface area contributed by atoms with Gasteiger partial charge >= 0.3 is 0 Å². The average molecular weight is 439 g/mol. The van der Waals surface area contributed by atoms with Crippen LogP contribution < -0.4 is 4.74 Å². The lowest BCUT2D eigenvalue weighted by Gasteiger charge is -2.17. The summed E-state index contributed by atoms with van der Waals surface area (Å²) in [5, 5.41) is 3.00. The maximum atomic E-state index is 13.3. The Hall–Kier alpha value is -2.77. The lowest BCUT2D eigenvalue weighted by Crippen LogP contribution is -2.26. The third-order valence-electron chi connectivity index (χ3n) is 4.76. The highest BCUT2D eigenvalue weighted by Gasteiger charge is 2.24. The van der Waals surface area contributed by atoms with Crippen LogP contribution in [0.2, 0.25) is 0 Å². The van der Waals surface area contributed by atoms with Crippen LogP contribution in [0, 0.1) is 6.92 Å². The maximum Gasteiger partial charge on any atom is 0.289 e. The van der Waals surface area contributed by atoms with Crippen molar-refractivity contribution in [2.45, 2.75) is 23.6 Å². The van der Waals surface area contributed by atoms with E-state index in [1.54, 1.807) is 42.2 Å². The number of nitrogens with zero attached hydrogens (tertiary/aromatic N) is 2. The van der Waals surface area contributed by atoms with Gasteiger partial charge in [-0.2, -0.15) is 0 Å². The molecule has 0 aliphatic carbocycles. The zero-order valence-corrected chi connectivity index (χ0v) is 18.7. The molecule has 0 radical (unpaired) electrons. The van der Waals surface area contributed by atoms with E-state index in [-0.39, 0.29) is 5.91 Å². The van der Waals surface area contributed by atoms with Gasteiger partial charge in [0.25, 0.3) is 5.91 Å². The number of benzene rings is 2. The van der Waals surface area contributed by atoms with Crippen molar-refractivity contribution < 1.29 is 13.9 Å². The molecule has 0 atom stereocenters. The Morgan fingerprint density at radius 1 is 1.20 bits per heavy atom. The summed E-state index contributed by atoms with van der Waals surface area (Å²) in [5.74, 6) is 1.68. The zero-order chi connectivity index (χ0) is 21.1. The van der Waals surface area contributed by atoms with E-state index in [9.17, 15) is 4.79 Å². The molecule has 0 fully saturated rings.